The van der Waals surface area contributed by atoms with Crippen LogP contribution in [-0.2, 0) is 19.9 Å². The molecule has 1 aromatic heterocycles. The molecule has 1 aromatic rings. The number of rotatable bonds is 3. The van der Waals surface area contributed by atoms with Crippen LogP contribution in [0, 0.1) is 5.92 Å². The zero-order chi connectivity index (χ0) is 17.5. The van der Waals surface area contributed by atoms with Crippen molar-refractivity contribution in [2.24, 2.45) is 5.92 Å². The molecule has 3 rings (SSSR count). The number of likely N-dealkylation sites (tertiary alicyclic amines) is 1. The van der Waals surface area contributed by atoms with E-state index in [1.807, 2.05) is 26.8 Å². The lowest BCUT2D eigenvalue weighted by atomic mass is 9.86. The van der Waals surface area contributed by atoms with Crippen LogP contribution in [0.15, 0.2) is 18.2 Å². The highest BCUT2D eigenvalue weighted by molar-refractivity contribution is 6.29. The summed E-state index contributed by atoms with van der Waals surface area (Å²) in [5, 5.41) is 0.355. The molecule has 2 fully saturated rings. The zero-order valence-corrected chi connectivity index (χ0v) is 14.7. The van der Waals surface area contributed by atoms with E-state index in [-0.39, 0.29) is 18.1 Å². The fourth-order valence-electron chi connectivity index (χ4n) is 3.47. The molecule has 2 aliphatic rings. The summed E-state index contributed by atoms with van der Waals surface area (Å²) in [4.78, 5) is 29.6. The number of ether oxygens (including phenoxy) is 2. The molecule has 2 heterocycles. The van der Waals surface area contributed by atoms with E-state index in [0.29, 0.717) is 30.3 Å². The molecular weight excluding hydrogens is 332 g/mol. The fourth-order valence-corrected chi connectivity index (χ4v) is 3.63. The number of carbonyl (C=O) groups is 2. The molecule has 130 valence electrons. The van der Waals surface area contributed by atoms with Crippen molar-refractivity contribution in [3.8, 4) is 0 Å². The quantitative estimate of drug-likeness (QED) is 0.617. The van der Waals surface area contributed by atoms with Gasteiger partial charge in [-0.2, -0.15) is 0 Å². The number of nitrogens with zero attached hydrogens (tertiary/aromatic N) is 2. The number of halogens is 1. The van der Waals surface area contributed by atoms with Crippen molar-refractivity contribution in [3.63, 3.8) is 0 Å². The Labute approximate surface area is 146 Å². The smallest absolute Gasteiger partial charge is 0.410 e. The molecule has 1 saturated heterocycles. The standard InChI is InChI=1S/C17H21ClN2O4/c1-16(2,3)24-15(22)20-8-7-17(23-10-21,11-9-12(11)20)13-5-4-6-14(18)19-13/h4-6,10-12H,7-9H2,1-3H3. The number of hydrogen-bond donors (Lipinski definition) is 0. The van der Waals surface area contributed by atoms with Crippen LogP contribution in [0.1, 0.15) is 39.3 Å². The Morgan fingerprint density at radius 2 is 2.21 bits per heavy atom. The van der Waals surface area contributed by atoms with E-state index in [2.05, 4.69) is 4.98 Å². The molecule has 0 radical (unpaired) electrons. The van der Waals surface area contributed by atoms with E-state index in [0.717, 1.165) is 6.42 Å². The summed E-state index contributed by atoms with van der Waals surface area (Å²) in [5.74, 6) is 0.00920. The Morgan fingerprint density at radius 1 is 1.46 bits per heavy atom. The van der Waals surface area contributed by atoms with Gasteiger partial charge in [-0.05, 0) is 39.3 Å². The van der Waals surface area contributed by atoms with Crippen LogP contribution in [-0.4, -0.2) is 40.6 Å². The molecule has 1 aliphatic carbocycles. The van der Waals surface area contributed by atoms with Crippen LogP contribution < -0.4 is 0 Å². The van der Waals surface area contributed by atoms with E-state index < -0.39 is 11.2 Å². The van der Waals surface area contributed by atoms with Gasteiger partial charge in [0, 0.05) is 24.9 Å². The first-order valence-electron chi connectivity index (χ1n) is 8.01. The number of aromatic nitrogens is 1. The topological polar surface area (TPSA) is 68.7 Å². The molecule has 7 heteroatoms. The Morgan fingerprint density at radius 3 is 2.83 bits per heavy atom. The minimum absolute atomic E-state index is 0.00525. The first kappa shape index (κ1) is 17.0. The summed E-state index contributed by atoms with van der Waals surface area (Å²) < 4.78 is 11.0. The van der Waals surface area contributed by atoms with Gasteiger partial charge in [-0.25, -0.2) is 9.78 Å². The Kier molecular flexibility index (Phi) is 4.20. The zero-order valence-electron chi connectivity index (χ0n) is 14.0. The molecular formula is C17H21ClN2O4. The molecule has 0 N–H and O–H groups in total. The number of pyridine rings is 1. The second-order valence-corrected chi connectivity index (χ2v) is 7.67. The Bertz CT molecular complexity index is 660. The van der Waals surface area contributed by atoms with E-state index in [9.17, 15) is 9.59 Å². The minimum atomic E-state index is -0.824. The average molecular weight is 353 g/mol. The van der Waals surface area contributed by atoms with Crippen molar-refractivity contribution in [3.05, 3.63) is 29.0 Å². The Hall–Kier alpha value is -1.82. The lowest BCUT2D eigenvalue weighted by molar-refractivity contribution is -0.153. The fraction of sp³-hybridized carbons (Fsp3) is 0.588. The normalized spacial score (nSPS) is 28.8. The lowest BCUT2D eigenvalue weighted by Gasteiger charge is -2.39. The van der Waals surface area contributed by atoms with Gasteiger partial charge < -0.3 is 14.4 Å². The van der Waals surface area contributed by atoms with Crippen LogP contribution in [0.4, 0.5) is 4.79 Å². The van der Waals surface area contributed by atoms with Gasteiger partial charge in [-0.15, -0.1) is 0 Å². The molecule has 1 amide bonds. The highest BCUT2D eigenvalue weighted by Crippen LogP contribution is 2.55. The van der Waals surface area contributed by atoms with Gasteiger partial charge in [0.1, 0.15) is 10.8 Å². The maximum atomic E-state index is 12.4. The monoisotopic (exact) mass is 352 g/mol. The van der Waals surface area contributed by atoms with E-state index in [4.69, 9.17) is 21.1 Å². The van der Waals surface area contributed by atoms with E-state index >= 15 is 0 Å². The maximum Gasteiger partial charge on any atom is 0.410 e. The molecule has 0 aromatic carbocycles. The predicted octanol–water partition coefficient (Wildman–Crippen LogP) is 3.13. The summed E-state index contributed by atoms with van der Waals surface area (Å²) in [5.41, 5.74) is -0.724. The molecule has 1 aliphatic heterocycles. The van der Waals surface area contributed by atoms with Crippen LogP contribution in [0.25, 0.3) is 0 Å². The summed E-state index contributed by atoms with van der Waals surface area (Å²) in [6.45, 7) is 6.43. The third kappa shape index (κ3) is 3.07. The highest BCUT2D eigenvalue weighted by atomic mass is 35.5. The minimum Gasteiger partial charge on any atom is -0.454 e. The molecule has 6 nitrogen and oxygen atoms in total. The van der Waals surface area contributed by atoms with Gasteiger partial charge in [0.15, 0.2) is 5.60 Å². The van der Waals surface area contributed by atoms with Crippen molar-refractivity contribution in [2.75, 3.05) is 6.54 Å². The van der Waals surface area contributed by atoms with E-state index in [1.54, 1.807) is 17.0 Å². The number of carbonyl (C=O) groups excluding carboxylic acids is 2. The third-order valence-corrected chi connectivity index (χ3v) is 4.73. The number of fused-ring (bicyclic) bond motifs is 1. The first-order valence-corrected chi connectivity index (χ1v) is 8.39. The molecule has 0 spiro atoms. The summed E-state index contributed by atoms with van der Waals surface area (Å²) in [7, 11) is 0. The predicted molar refractivity (Wildman–Crippen MR) is 87.5 cm³/mol. The lowest BCUT2D eigenvalue weighted by Crippen LogP contribution is -2.49. The van der Waals surface area contributed by atoms with Crippen molar-refractivity contribution >= 4 is 24.2 Å². The highest BCUT2D eigenvalue weighted by Gasteiger charge is 2.63. The van der Waals surface area contributed by atoms with Crippen LogP contribution in [0.2, 0.25) is 5.15 Å². The third-order valence-electron chi connectivity index (χ3n) is 4.52. The van der Waals surface area contributed by atoms with Crippen molar-refractivity contribution < 1.29 is 19.1 Å². The summed E-state index contributed by atoms with van der Waals surface area (Å²) in [6.07, 6.45) is 0.898. The molecule has 24 heavy (non-hydrogen) atoms. The number of amides is 1. The molecule has 0 bridgehead atoms. The second-order valence-electron chi connectivity index (χ2n) is 7.28. The molecule has 1 saturated carbocycles. The molecule has 3 atom stereocenters. The summed E-state index contributed by atoms with van der Waals surface area (Å²) >= 11 is 6.00. The SMILES string of the molecule is CC(C)(C)OC(=O)N1CCC(OC=O)(c2cccc(Cl)n2)C2CC21. The van der Waals surface area contributed by atoms with Gasteiger partial charge >= 0.3 is 6.09 Å². The largest absolute Gasteiger partial charge is 0.454 e. The average Bonchev–Trinajstić information content (AvgIpc) is 3.26. The van der Waals surface area contributed by atoms with Gasteiger partial charge in [-0.3, -0.25) is 4.79 Å². The van der Waals surface area contributed by atoms with Gasteiger partial charge in [0.25, 0.3) is 6.47 Å². The van der Waals surface area contributed by atoms with Crippen molar-refractivity contribution in [1.29, 1.82) is 0 Å². The van der Waals surface area contributed by atoms with Crippen molar-refractivity contribution in [2.45, 2.75) is 50.9 Å². The summed E-state index contributed by atoms with van der Waals surface area (Å²) in [6, 6.07) is 5.28. The van der Waals surface area contributed by atoms with Gasteiger partial charge in [-0.1, -0.05) is 17.7 Å². The first-order chi connectivity index (χ1) is 11.3. The maximum absolute atomic E-state index is 12.4. The van der Waals surface area contributed by atoms with Gasteiger partial charge in [0.05, 0.1) is 5.69 Å². The van der Waals surface area contributed by atoms with Crippen LogP contribution in [0.5, 0.6) is 0 Å². The second kappa shape index (κ2) is 5.92. The van der Waals surface area contributed by atoms with Gasteiger partial charge in [0.2, 0.25) is 0 Å². The number of piperidine rings is 1. The Balaban J connectivity index is 1.82. The van der Waals surface area contributed by atoms with Crippen LogP contribution in [0.3, 0.4) is 0 Å². The molecule has 3 unspecified atom stereocenters. The van der Waals surface area contributed by atoms with Crippen molar-refractivity contribution in [1.82, 2.24) is 9.88 Å². The number of hydrogen-bond acceptors (Lipinski definition) is 5. The van der Waals surface area contributed by atoms with E-state index in [1.165, 1.54) is 0 Å². The van der Waals surface area contributed by atoms with Crippen LogP contribution >= 0.6 is 11.6 Å².